The van der Waals surface area contributed by atoms with Gasteiger partial charge in [-0.3, -0.25) is 4.79 Å². The SMILES string of the molecule is O=C1Cn2c(nc3ccccc32)S1. The van der Waals surface area contributed by atoms with Crippen molar-refractivity contribution in [1.29, 1.82) is 0 Å². The molecule has 1 aromatic heterocycles. The fourth-order valence-electron chi connectivity index (χ4n) is 1.55. The van der Waals surface area contributed by atoms with Gasteiger partial charge in [0.1, 0.15) is 0 Å². The Hall–Kier alpha value is -1.29. The molecular weight excluding hydrogens is 184 g/mol. The van der Waals surface area contributed by atoms with Crippen LogP contribution in [0.25, 0.3) is 11.0 Å². The average Bonchev–Trinajstić information content (AvgIpc) is 2.60. The Bertz CT molecular complexity index is 503. The van der Waals surface area contributed by atoms with E-state index in [2.05, 4.69) is 4.98 Å². The molecule has 0 saturated heterocycles. The van der Waals surface area contributed by atoms with Crippen LogP contribution < -0.4 is 0 Å². The molecule has 3 nitrogen and oxygen atoms in total. The lowest BCUT2D eigenvalue weighted by Crippen LogP contribution is -1.96. The molecule has 64 valence electrons. The average molecular weight is 190 g/mol. The number of hydrogen-bond acceptors (Lipinski definition) is 3. The van der Waals surface area contributed by atoms with Crippen LogP contribution in [-0.2, 0) is 11.3 Å². The monoisotopic (exact) mass is 190 g/mol. The quantitative estimate of drug-likeness (QED) is 0.633. The molecule has 0 N–H and O–H groups in total. The molecule has 2 aromatic rings. The largest absolute Gasteiger partial charge is 0.310 e. The lowest BCUT2D eigenvalue weighted by molar-refractivity contribution is -0.111. The van der Waals surface area contributed by atoms with Gasteiger partial charge in [-0.05, 0) is 23.9 Å². The summed E-state index contributed by atoms with van der Waals surface area (Å²) in [5, 5.41) is 0.999. The molecule has 0 radical (unpaired) electrons. The normalized spacial score (nSPS) is 15.2. The Balaban J connectivity index is 2.37. The zero-order valence-electron chi connectivity index (χ0n) is 6.73. The number of hydrogen-bond donors (Lipinski definition) is 0. The lowest BCUT2D eigenvalue weighted by atomic mass is 10.3. The number of benzene rings is 1. The van der Waals surface area contributed by atoms with E-state index in [-0.39, 0.29) is 5.12 Å². The van der Waals surface area contributed by atoms with Crippen molar-refractivity contribution < 1.29 is 4.79 Å². The van der Waals surface area contributed by atoms with Crippen molar-refractivity contribution in [3.63, 3.8) is 0 Å². The fraction of sp³-hybridized carbons (Fsp3) is 0.111. The van der Waals surface area contributed by atoms with E-state index in [9.17, 15) is 4.79 Å². The number of imidazole rings is 1. The van der Waals surface area contributed by atoms with E-state index in [1.807, 2.05) is 28.8 Å². The van der Waals surface area contributed by atoms with Crippen LogP contribution in [-0.4, -0.2) is 14.7 Å². The summed E-state index contributed by atoms with van der Waals surface area (Å²) in [6.45, 7) is 0.459. The zero-order chi connectivity index (χ0) is 8.84. The molecule has 1 aromatic carbocycles. The predicted molar refractivity (Wildman–Crippen MR) is 50.6 cm³/mol. The highest BCUT2D eigenvalue weighted by atomic mass is 32.2. The van der Waals surface area contributed by atoms with Crippen LogP contribution in [0.3, 0.4) is 0 Å². The number of para-hydroxylation sites is 2. The first kappa shape index (κ1) is 7.15. The maximum absolute atomic E-state index is 11.1. The standard InChI is InChI=1S/C9H6N2OS/c12-8-5-11-7-4-2-1-3-6(7)10-9(11)13-8/h1-4H,5H2. The van der Waals surface area contributed by atoms with Crippen molar-refractivity contribution in [2.75, 3.05) is 0 Å². The minimum absolute atomic E-state index is 0.174. The number of nitrogens with zero attached hydrogens (tertiary/aromatic N) is 2. The topological polar surface area (TPSA) is 34.9 Å². The number of fused-ring (bicyclic) bond motifs is 3. The second-order valence-corrected chi connectivity index (χ2v) is 3.97. The number of aromatic nitrogens is 2. The van der Waals surface area contributed by atoms with Gasteiger partial charge in [0.15, 0.2) is 5.16 Å². The van der Waals surface area contributed by atoms with Gasteiger partial charge in [-0.25, -0.2) is 4.98 Å². The van der Waals surface area contributed by atoms with Crippen LogP contribution in [0.5, 0.6) is 0 Å². The highest BCUT2D eigenvalue weighted by molar-refractivity contribution is 8.13. The van der Waals surface area contributed by atoms with Gasteiger partial charge < -0.3 is 4.57 Å². The van der Waals surface area contributed by atoms with Crippen LogP contribution in [0.1, 0.15) is 0 Å². The first-order chi connectivity index (χ1) is 6.34. The molecule has 4 heteroatoms. The summed E-state index contributed by atoms with van der Waals surface area (Å²) in [7, 11) is 0. The van der Waals surface area contributed by atoms with Gasteiger partial charge in [-0.1, -0.05) is 12.1 Å². The number of carbonyl (C=O) groups is 1. The van der Waals surface area contributed by atoms with Gasteiger partial charge in [0.2, 0.25) is 5.12 Å². The number of carbonyl (C=O) groups excluding carboxylic acids is 1. The minimum atomic E-state index is 0.174. The third-order valence-electron chi connectivity index (χ3n) is 2.11. The van der Waals surface area contributed by atoms with Crippen LogP contribution >= 0.6 is 11.8 Å². The minimum Gasteiger partial charge on any atom is -0.310 e. The molecule has 3 rings (SSSR count). The summed E-state index contributed by atoms with van der Waals surface area (Å²) in [6, 6.07) is 7.87. The molecule has 1 aliphatic rings. The Morgan fingerprint density at radius 2 is 2.23 bits per heavy atom. The van der Waals surface area contributed by atoms with Crippen LogP contribution in [0, 0.1) is 0 Å². The third kappa shape index (κ3) is 0.920. The van der Waals surface area contributed by atoms with Crippen LogP contribution in [0.2, 0.25) is 0 Å². The lowest BCUT2D eigenvalue weighted by Gasteiger charge is -1.93. The van der Waals surface area contributed by atoms with Gasteiger partial charge in [-0.15, -0.1) is 0 Å². The summed E-state index contributed by atoms with van der Waals surface area (Å²) in [5.74, 6) is 0. The predicted octanol–water partition coefficient (Wildman–Crippen LogP) is 1.67. The summed E-state index contributed by atoms with van der Waals surface area (Å²) >= 11 is 1.23. The highest BCUT2D eigenvalue weighted by Gasteiger charge is 2.22. The fourth-order valence-corrected chi connectivity index (χ4v) is 2.36. The van der Waals surface area contributed by atoms with Crippen molar-refractivity contribution in [2.24, 2.45) is 0 Å². The maximum Gasteiger partial charge on any atom is 0.216 e. The van der Waals surface area contributed by atoms with Crippen LogP contribution in [0.15, 0.2) is 29.4 Å². The summed E-state index contributed by atoms with van der Waals surface area (Å²) < 4.78 is 1.96. The Morgan fingerprint density at radius 1 is 1.38 bits per heavy atom. The molecule has 1 aliphatic heterocycles. The second-order valence-electron chi connectivity index (χ2n) is 2.94. The highest BCUT2D eigenvalue weighted by Crippen LogP contribution is 2.30. The first-order valence-electron chi connectivity index (χ1n) is 4.00. The second kappa shape index (κ2) is 2.35. The number of thioether (sulfide) groups is 1. The van der Waals surface area contributed by atoms with E-state index >= 15 is 0 Å². The summed E-state index contributed by atoms with van der Waals surface area (Å²) in [5.41, 5.74) is 2.02. The molecule has 0 spiro atoms. The Labute approximate surface area is 78.8 Å². The van der Waals surface area contributed by atoms with Gasteiger partial charge in [-0.2, -0.15) is 0 Å². The van der Waals surface area contributed by atoms with Crippen molar-refractivity contribution >= 4 is 27.9 Å². The molecular formula is C9H6N2OS. The van der Waals surface area contributed by atoms with Crippen molar-refractivity contribution in [2.45, 2.75) is 11.7 Å². The van der Waals surface area contributed by atoms with Crippen molar-refractivity contribution in [3.8, 4) is 0 Å². The zero-order valence-corrected chi connectivity index (χ0v) is 7.54. The maximum atomic E-state index is 11.1. The van der Waals surface area contributed by atoms with Gasteiger partial charge in [0.25, 0.3) is 0 Å². The van der Waals surface area contributed by atoms with Crippen molar-refractivity contribution in [1.82, 2.24) is 9.55 Å². The van der Waals surface area contributed by atoms with Gasteiger partial charge >= 0.3 is 0 Å². The molecule has 0 unspecified atom stereocenters. The molecule has 0 aliphatic carbocycles. The summed E-state index contributed by atoms with van der Waals surface area (Å²) in [4.78, 5) is 15.5. The van der Waals surface area contributed by atoms with Crippen molar-refractivity contribution in [3.05, 3.63) is 24.3 Å². The van der Waals surface area contributed by atoms with E-state index in [4.69, 9.17) is 0 Å². The molecule has 13 heavy (non-hydrogen) atoms. The van der Waals surface area contributed by atoms with E-state index < -0.39 is 0 Å². The third-order valence-corrected chi connectivity index (χ3v) is 2.96. The molecule has 2 heterocycles. The molecule has 0 amide bonds. The summed E-state index contributed by atoms with van der Waals surface area (Å²) in [6.07, 6.45) is 0. The Morgan fingerprint density at radius 3 is 3.15 bits per heavy atom. The first-order valence-corrected chi connectivity index (χ1v) is 4.82. The molecule has 0 atom stereocenters. The number of rotatable bonds is 0. The van der Waals surface area contributed by atoms with Gasteiger partial charge in [0.05, 0.1) is 17.6 Å². The van der Waals surface area contributed by atoms with E-state index in [1.165, 1.54) is 11.8 Å². The molecule has 0 fully saturated rings. The van der Waals surface area contributed by atoms with Gasteiger partial charge in [0, 0.05) is 0 Å². The van der Waals surface area contributed by atoms with Crippen LogP contribution in [0.4, 0.5) is 0 Å². The van der Waals surface area contributed by atoms with E-state index in [0.29, 0.717) is 6.54 Å². The van der Waals surface area contributed by atoms with E-state index in [0.717, 1.165) is 16.2 Å². The molecule has 0 saturated carbocycles. The Kier molecular flexibility index (Phi) is 1.29. The molecule has 0 bridgehead atoms. The van der Waals surface area contributed by atoms with E-state index in [1.54, 1.807) is 0 Å². The smallest absolute Gasteiger partial charge is 0.216 e.